The molecule has 0 unspecified atom stereocenters. The summed E-state index contributed by atoms with van der Waals surface area (Å²) >= 11 is 0. The van der Waals surface area contributed by atoms with Crippen LogP contribution in [0.2, 0.25) is 0 Å². The third-order valence-electron chi connectivity index (χ3n) is 3.94. The van der Waals surface area contributed by atoms with Gasteiger partial charge in [0.1, 0.15) is 5.82 Å². The van der Waals surface area contributed by atoms with Crippen LogP contribution in [0.25, 0.3) is 11.3 Å². The van der Waals surface area contributed by atoms with E-state index in [1.807, 2.05) is 6.92 Å². The minimum Gasteiger partial charge on any atom is -0.389 e. The molecule has 0 saturated heterocycles. The molecule has 0 spiro atoms. The second-order valence-corrected chi connectivity index (χ2v) is 8.84. The average molecular weight is 420 g/mol. The third-order valence-corrected chi connectivity index (χ3v) is 4.85. The fourth-order valence-corrected chi connectivity index (χ4v) is 3.18. The molecule has 0 fully saturated rings. The summed E-state index contributed by atoms with van der Waals surface area (Å²) in [5, 5.41) is 21.9. The topological polar surface area (TPSA) is 136 Å². The van der Waals surface area contributed by atoms with E-state index in [1.165, 1.54) is 12.1 Å². The van der Waals surface area contributed by atoms with Gasteiger partial charge in [0, 0.05) is 18.0 Å². The Bertz CT molecular complexity index is 1150. The number of aromatic nitrogens is 4. The maximum Gasteiger partial charge on any atom is 0.238 e. The van der Waals surface area contributed by atoms with Crippen molar-refractivity contribution in [3.63, 3.8) is 0 Å². The van der Waals surface area contributed by atoms with Gasteiger partial charge in [-0.2, -0.15) is 5.10 Å². The van der Waals surface area contributed by atoms with Crippen LogP contribution >= 0.6 is 0 Å². The van der Waals surface area contributed by atoms with Crippen molar-refractivity contribution in [3.8, 4) is 11.3 Å². The lowest BCUT2D eigenvalue weighted by atomic mass is 10.1. The molecule has 11 heteroatoms. The molecule has 9 nitrogen and oxygen atoms in total. The predicted molar refractivity (Wildman–Crippen MR) is 105 cm³/mol. The molecule has 29 heavy (non-hydrogen) atoms. The van der Waals surface area contributed by atoms with Gasteiger partial charge in [-0.05, 0) is 44.5 Å². The molecule has 0 aliphatic heterocycles. The van der Waals surface area contributed by atoms with Gasteiger partial charge in [0.15, 0.2) is 0 Å². The molecule has 0 amide bonds. The molecule has 3 rings (SSSR count). The Hall–Kier alpha value is -2.89. The second kappa shape index (κ2) is 7.50. The van der Waals surface area contributed by atoms with Gasteiger partial charge in [-0.3, -0.25) is 4.68 Å². The van der Waals surface area contributed by atoms with Crippen molar-refractivity contribution in [1.29, 1.82) is 0 Å². The summed E-state index contributed by atoms with van der Waals surface area (Å²) in [5.41, 5.74) is 1.17. The van der Waals surface area contributed by atoms with Crippen LogP contribution in [0, 0.1) is 12.7 Å². The number of anilines is 2. The van der Waals surface area contributed by atoms with Crippen LogP contribution in [-0.2, 0) is 16.6 Å². The molecule has 2 heterocycles. The summed E-state index contributed by atoms with van der Waals surface area (Å²) in [4.78, 5) is 8.22. The molecule has 0 saturated carbocycles. The van der Waals surface area contributed by atoms with Gasteiger partial charge in [0.05, 0.1) is 34.6 Å². The van der Waals surface area contributed by atoms with E-state index < -0.39 is 21.4 Å². The van der Waals surface area contributed by atoms with Gasteiger partial charge in [0.25, 0.3) is 0 Å². The molecule has 1 aromatic carbocycles. The molecule has 0 aliphatic rings. The molecule has 4 N–H and O–H groups in total. The highest BCUT2D eigenvalue weighted by atomic mass is 32.2. The average Bonchev–Trinajstić information content (AvgIpc) is 3.03. The van der Waals surface area contributed by atoms with Crippen molar-refractivity contribution in [1.82, 2.24) is 19.7 Å². The largest absolute Gasteiger partial charge is 0.389 e. The Morgan fingerprint density at radius 1 is 1.31 bits per heavy atom. The van der Waals surface area contributed by atoms with Crippen LogP contribution in [0.5, 0.6) is 0 Å². The maximum atomic E-state index is 14.3. The van der Waals surface area contributed by atoms with Crippen LogP contribution < -0.4 is 10.5 Å². The van der Waals surface area contributed by atoms with Crippen molar-refractivity contribution in [2.75, 3.05) is 5.32 Å². The van der Waals surface area contributed by atoms with Gasteiger partial charge in [0.2, 0.25) is 16.0 Å². The highest BCUT2D eigenvalue weighted by molar-refractivity contribution is 7.89. The quantitative estimate of drug-likeness (QED) is 0.554. The Morgan fingerprint density at radius 3 is 2.66 bits per heavy atom. The van der Waals surface area contributed by atoms with E-state index in [0.717, 1.165) is 11.6 Å². The number of benzene rings is 1. The number of hydrogen-bond acceptors (Lipinski definition) is 7. The van der Waals surface area contributed by atoms with E-state index in [-0.39, 0.29) is 16.5 Å². The Morgan fingerprint density at radius 2 is 2.03 bits per heavy atom. The summed E-state index contributed by atoms with van der Waals surface area (Å²) < 4.78 is 38.5. The molecule has 0 bridgehead atoms. The van der Waals surface area contributed by atoms with Crippen LogP contribution in [0.3, 0.4) is 0 Å². The molecule has 0 aliphatic carbocycles. The number of halogens is 1. The number of rotatable bonds is 6. The number of aliphatic hydroxyl groups is 1. The second-order valence-electron chi connectivity index (χ2n) is 7.28. The summed E-state index contributed by atoms with van der Waals surface area (Å²) in [6, 6.07) is 3.27. The van der Waals surface area contributed by atoms with Crippen molar-refractivity contribution in [2.24, 2.45) is 5.14 Å². The lowest BCUT2D eigenvalue weighted by Gasteiger charge is -2.16. The summed E-state index contributed by atoms with van der Waals surface area (Å²) in [6.07, 6.45) is 4.94. The molecule has 3 aromatic rings. The van der Waals surface area contributed by atoms with Gasteiger partial charge < -0.3 is 10.4 Å². The first-order valence-electron chi connectivity index (χ1n) is 8.61. The fraction of sp³-hybridized carbons (Fsp3) is 0.278. The number of sulfonamides is 1. The summed E-state index contributed by atoms with van der Waals surface area (Å²) in [6.45, 7) is 5.50. The number of nitrogens with zero attached hydrogens (tertiary/aromatic N) is 4. The van der Waals surface area contributed by atoms with Crippen molar-refractivity contribution < 1.29 is 17.9 Å². The lowest BCUT2D eigenvalue weighted by molar-refractivity contribution is 0.0577. The first-order valence-corrected chi connectivity index (χ1v) is 10.2. The van der Waals surface area contributed by atoms with Crippen molar-refractivity contribution in [2.45, 2.75) is 37.8 Å². The molecular formula is C18H21FN6O3S. The van der Waals surface area contributed by atoms with Crippen molar-refractivity contribution >= 4 is 21.7 Å². The highest BCUT2D eigenvalue weighted by Gasteiger charge is 2.16. The minimum atomic E-state index is -4.00. The standard InChI is InChI=1S/C18H21FN6O3S/c1-11-7-21-17(23-15-5-4-13(6-14(15)19)29(20,27)28)24-16(11)12-8-22-25(9-12)10-18(2,3)26/h4-9,26H,10H2,1-3H3,(H2,20,27,28)(H,21,23,24). The van der Waals surface area contributed by atoms with E-state index in [2.05, 4.69) is 20.4 Å². The predicted octanol–water partition coefficient (Wildman–Crippen LogP) is 1.95. The van der Waals surface area contributed by atoms with Crippen LogP contribution in [-0.4, -0.2) is 38.9 Å². The van der Waals surface area contributed by atoms with E-state index in [0.29, 0.717) is 17.8 Å². The molecule has 2 aromatic heterocycles. The normalized spacial score (nSPS) is 12.2. The number of nitrogens with one attached hydrogen (secondary N) is 1. The van der Waals surface area contributed by atoms with Crippen LogP contribution in [0.15, 0.2) is 41.7 Å². The van der Waals surface area contributed by atoms with Gasteiger partial charge in [-0.1, -0.05) is 0 Å². The first-order chi connectivity index (χ1) is 13.4. The Labute approximate surface area is 167 Å². The van der Waals surface area contributed by atoms with E-state index in [1.54, 1.807) is 37.1 Å². The molecule has 154 valence electrons. The summed E-state index contributed by atoms with van der Waals surface area (Å²) in [5.74, 6) is -0.677. The maximum absolute atomic E-state index is 14.3. The van der Waals surface area contributed by atoms with E-state index in [9.17, 15) is 17.9 Å². The summed E-state index contributed by atoms with van der Waals surface area (Å²) in [7, 11) is -4.00. The highest BCUT2D eigenvalue weighted by Crippen LogP contribution is 2.25. The zero-order valence-corrected chi connectivity index (χ0v) is 16.9. The number of aryl methyl sites for hydroxylation is 1. The SMILES string of the molecule is Cc1cnc(Nc2ccc(S(N)(=O)=O)cc2F)nc1-c1cnn(CC(C)(C)O)c1. The lowest BCUT2D eigenvalue weighted by Crippen LogP contribution is -2.26. The monoisotopic (exact) mass is 420 g/mol. The van der Waals surface area contributed by atoms with Crippen LogP contribution in [0.4, 0.5) is 16.0 Å². The minimum absolute atomic E-state index is 0.00456. The smallest absolute Gasteiger partial charge is 0.238 e. The Balaban J connectivity index is 1.88. The van der Waals surface area contributed by atoms with E-state index >= 15 is 0 Å². The molecular weight excluding hydrogens is 399 g/mol. The Kier molecular flexibility index (Phi) is 5.39. The van der Waals surface area contributed by atoms with Crippen molar-refractivity contribution in [3.05, 3.63) is 48.2 Å². The van der Waals surface area contributed by atoms with Gasteiger partial charge >= 0.3 is 0 Å². The zero-order valence-electron chi connectivity index (χ0n) is 16.1. The van der Waals surface area contributed by atoms with E-state index in [4.69, 9.17) is 5.14 Å². The molecule has 0 atom stereocenters. The number of nitrogens with two attached hydrogens (primary N) is 1. The number of primary sulfonamides is 1. The number of hydrogen-bond donors (Lipinski definition) is 3. The third kappa shape index (κ3) is 5.13. The van der Waals surface area contributed by atoms with Crippen LogP contribution in [0.1, 0.15) is 19.4 Å². The van der Waals surface area contributed by atoms with Gasteiger partial charge in [-0.25, -0.2) is 27.9 Å². The zero-order chi connectivity index (χ0) is 21.4. The van der Waals surface area contributed by atoms with Gasteiger partial charge in [-0.15, -0.1) is 0 Å². The first kappa shape index (κ1) is 20.8. The molecule has 0 radical (unpaired) electrons. The fourth-order valence-electron chi connectivity index (χ4n) is 2.66.